The van der Waals surface area contributed by atoms with Crippen LogP contribution >= 0.6 is 0 Å². The van der Waals surface area contributed by atoms with E-state index < -0.39 is 0 Å². The lowest BCUT2D eigenvalue weighted by atomic mass is 10.1. The van der Waals surface area contributed by atoms with Crippen LogP contribution in [-0.2, 0) is 0 Å². The topological polar surface area (TPSA) is 53.1 Å². The molecule has 3 rings (SSSR count). The lowest BCUT2D eigenvalue weighted by Crippen LogP contribution is -1.97. The molecule has 2 aromatic carbocycles. The van der Waals surface area contributed by atoms with Crippen LogP contribution in [0.1, 0.15) is 6.92 Å². The highest BCUT2D eigenvalue weighted by Gasteiger charge is 2.13. The SMILES string of the molecule is CCOc1ccccc1-c1nn(-c2ccccc2)cc1N. The van der Waals surface area contributed by atoms with Crippen LogP contribution < -0.4 is 10.5 Å². The van der Waals surface area contributed by atoms with Gasteiger partial charge in [-0.15, -0.1) is 0 Å². The summed E-state index contributed by atoms with van der Waals surface area (Å²) >= 11 is 0. The smallest absolute Gasteiger partial charge is 0.128 e. The average Bonchev–Trinajstić information content (AvgIpc) is 2.91. The largest absolute Gasteiger partial charge is 0.493 e. The molecule has 1 heterocycles. The normalized spacial score (nSPS) is 10.5. The number of ether oxygens (including phenoxy) is 1. The number of aromatic nitrogens is 2. The molecule has 0 spiro atoms. The van der Waals surface area contributed by atoms with Gasteiger partial charge in [0.25, 0.3) is 0 Å². The molecule has 0 aliphatic carbocycles. The van der Waals surface area contributed by atoms with Crippen LogP contribution in [0.2, 0.25) is 0 Å². The summed E-state index contributed by atoms with van der Waals surface area (Å²) in [5.41, 5.74) is 9.39. The van der Waals surface area contributed by atoms with E-state index >= 15 is 0 Å². The van der Waals surface area contributed by atoms with Gasteiger partial charge in [0.05, 0.1) is 24.2 Å². The third kappa shape index (κ3) is 2.60. The minimum Gasteiger partial charge on any atom is -0.493 e. The van der Waals surface area contributed by atoms with Crippen molar-refractivity contribution in [3.05, 3.63) is 60.8 Å². The van der Waals surface area contributed by atoms with E-state index in [1.165, 1.54) is 0 Å². The number of para-hydroxylation sites is 2. The van der Waals surface area contributed by atoms with Gasteiger partial charge in [-0.1, -0.05) is 30.3 Å². The molecule has 21 heavy (non-hydrogen) atoms. The van der Waals surface area contributed by atoms with Gasteiger partial charge in [-0.25, -0.2) is 4.68 Å². The van der Waals surface area contributed by atoms with Crippen molar-refractivity contribution in [2.45, 2.75) is 6.92 Å². The van der Waals surface area contributed by atoms with Gasteiger partial charge in [-0.05, 0) is 31.2 Å². The molecular formula is C17H17N3O. The molecule has 0 saturated carbocycles. The van der Waals surface area contributed by atoms with E-state index in [1.807, 2.05) is 67.7 Å². The van der Waals surface area contributed by atoms with Crippen molar-refractivity contribution >= 4 is 5.69 Å². The Morgan fingerprint density at radius 2 is 1.76 bits per heavy atom. The quantitative estimate of drug-likeness (QED) is 0.795. The fraction of sp³-hybridized carbons (Fsp3) is 0.118. The molecule has 0 atom stereocenters. The van der Waals surface area contributed by atoms with Crippen LogP contribution in [0, 0.1) is 0 Å². The van der Waals surface area contributed by atoms with Crippen LogP contribution in [0.4, 0.5) is 5.69 Å². The van der Waals surface area contributed by atoms with Gasteiger partial charge in [0.1, 0.15) is 11.4 Å². The summed E-state index contributed by atoms with van der Waals surface area (Å²) in [5.74, 6) is 0.796. The number of hydrogen-bond acceptors (Lipinski definition) is 3. The Balaban J connectivity index is 2.06. The molecule has 0 saturated heterocycles. The number of nitrogens with zero attached hydrogens (tertiary/aromatic N) is 2. The minimum atomic E-state index is 0.607. The molecule has 0 bridgehead atoms. The predicted molar refractivity (Wildman–Crippen MR) is 84.6 cm³/mol. The molecule has 0 amide bonds. The van der Waals surface area contributed by atoms with Crippen molar-refractivity contribution in [3.63, 3.8) is 0 Å². The maximum Gasteiger partial charge on any atom is 0.128 e. The minimum absolute atomic E-state index is 0.607. The summed E-state index contributed by atoms with van der Waals surface area (Å²) in [5, 5.41) is 4.60. The van der Waals surface area contributed by atoms with Crippen LogP contribution in [0.15, 0.2) is 60.8 Å². The molecule has 0 radical (unpaired) electrons. The van der Waals surface area contributed by atoms with Gasteiger partial charge in [0.15, 0.2) is 0 Å². The van der Waals surface area contributed by atoms with Crippen molar-refractivity contribution in [3.8, 4) is 22.7 Å². The van der Waals surface area contributed by atoms with Crippen molar-refractivity contribution in [2.75, 3.05) is 12.3 Å². The van der Waals surface area contributed by atoms with Crippen LogP contribution in [0.5, 0.6) is 5.75 Å². The van der Waals surface area contributed by atoms with Crippen molar-refractivity contribution in [1.29, 1.82) is 0 Å². The first-order chi connectivity index (χ1) is 10.3. The Morgan fingerprint density at radius 3 is 2.52 bits per heavy atom. The molecule has 1 aromatic heterocycles. The second-order valence-corrected chi connectivity index (χ2v) is 4.64. The Bertz CT molecular complexity index is 735. The molecule has 4 heteroatoms. The zero-order chi connectivity index (χ0) is 14.7. The standard InChI is InChI=1S/C17H17N3O/c1-2-21-16-11-7-6-10-14(16)17-15(18)12-20(19-17)13-8-4-3-5-9-13/h3-12H,2,18H2,1H3. The molecule has 4 nitrogen and oxygen atoms in total. The van der Waals surface area contributed by atoms with Crippen molar-refractivity contribution < 1.29 is 4.74 Å². The summed E-state index contributed by atoms with van der Waals surface area (Å²) < 4.78 is 7.44. The zero-order valence-electron chi connectivity index (χ0n) is 11.9. The first kappa shape index (κ1) is 13.2. The monoisotopic (exact) mass is 279 g/mol. The second kappa shape index (κ2) is 5.71. The number of benzene rings is 2. The lowest BCUT2D eigenvalue weighted by molar-refractivity contribution is 0.341. The number of nitrogen functional groups attached to an aromatic ring is 1. The Kier molecular flexibility index (Phi) is 3.60. The van der Waals surface area contributed by atoms with Crippen molar-refractivity contribution in [1.82, 2.24) is 9.78 Å². The van der Waals surface area contributed by atoms with Gasteiger partial charge in [0.2, 0.25) is 0 Å². The molecule has 0 aliphatic rings. The van der Waals surface area contributed by atoms with E-state index in [0.29, 0.717) is 12.3 Å². The highest BCUT2D eigenvalue weighted by atomic mass is 16.5. The Hall–Kier alpha value is -2.75. The van der Waals surface area contributed by atoms with Gasteiger partial charge in [-0.2, -0.15) is 5.10 Å². The summed E-state index contributed by atoms with van der Waals surface area (Å²) in [7, 11) is 0. The number of anilines is 1. The third-order valence-corrected chi connectivity index (χ3v) is 3.21. The van der Waals surface area contributed by atoms with E-state index in [-0.39, 0.29) is 0 Å². The molecule has 106 valence electrons. The van der Waals surface area contributed by atoms with Crippen molar-refractivity contribution in [2.24, 2.45) is 0 Å². The third-order valence-electron chi connectivity index (χ3n) is 3.21. The molecule has 0 fully saturated rings. The van der Waals surface area contributed by atoms with Crippen LogP contribution in [-0.4, -0.2) is 16.4 Å². The summed E-state index contributed by atoms with van der Waals surface area (Å²) in [6.45, 7) is 2.57. The highest BCUT2D eigenvalue weighted by Crippen LogP contribution is 2.33. The number of hydrogen-bond donors (Lipinski definition) is 1. The summed E-state index contributed by atoms with van der Waals surface area (Å²) in [4.78, 5) is 0. The number of rotatable bonds is 4. The molecule has 2 N–H and O–H groups in total. The molecular weight excluding hydrogens is 262 g/mol. The Labute approximate surface area is 123 Å². The fourth-order valence-electron chi connectivity index (χ4n) is 2.25. The van der Waals surface area contributed by atoms with E-state index in [2.05, 4.69) is 5.10 Å². The van der Waals surface area contributed by atoms with Gasteiger partial charge >= 0.3 is 0 Å². The Morgan fingerprint density at radius 1 is 1.05 bits per heavy atom. The van der Waals surface area contributed by atoms with Crippen LogP contribution in [0.3, 0.4) is 0 Å². The molecule has 0 unspecified atom stereocenters. The van der Waals surface area contributed by atoms with E-state index in [9.17, 15) is 0 Å². The van der Waals surface area contributed by atoms with E-state index in [1.54, 1.807) is 4.68 Å². The zero-order valence-corrected chi connectivity index (χ0v) is 11.9. The first-order valence-corrected chi connectivity index (χ1v) is 6.92. The van der Waals surface area contributed by atoms with E-state index in [0.717, 1.165) is 22.7 Å². The summed E-state index contributed by atoms with van der Waals surface area (Å²) in [6, 6.07) is 17.7. The maximum absolute atomic E-state index is 6.14. The van der Waals surface area contributed by atoms with E-state index in [4.69, 9.17) is 10.5 Å². The highest BCUT2D eigenvalue weighted by molar-refractivity contribution is 5.77. The fourth-order valence-corrected chi connectivity index (χ4v) is 2.25. The van der Waals surface area contributed by atoms with Gasteiger partial charge < -0.3 is 10.5 Å². The van der Waals surface area contributed by atoms with Gasteiger partial charge in [0, 0.05) is 5.56 Å². The molecule has 3 aromatic rings. The lowest BCUT2D eigenvalue weighted by Gasteiger charge is -2.08. The van der Waals surface area contributed by atoms with Gasteiger partial charge in [-0.3, -0.25) is 0 Å². The average molecular weight is 279 g/mol. The van der Waals surface area contributed by atoms with Crippen LogP contribution in [0.25, 0.3) is 16.9 Å². The first-order valence-electron chi connectivity index (χ1n) is 6.92. The summed E-state index contributed by atoms with van der Waals surface area (Å²) in [6.07, 6.45) is 1.83. The molecule has 0 aliphatic heterocycles. The number of nitrogens with two attached hydrogens (primary N) is 1. The predicted octanol–water partition coefficient (Wildman–Crippen LogP) is 3.52. The second-order valence-electron chi connectivity index (χ2n) is 4.64. The maximum atomic E-state index is 6.14.